The van der Waals surface area contributed by atoms with Crippen LogP contribution in [0.25, 0.3) is 0 Å². The molecule has 1 aliphatic carbocycles. The van der Waals surface area contributed by atoms with E-state index in [2.05, 4.69) is 63.9 Å². The first-order chi connectivity index (χ1) is 9.81. The van der Waals surface area contributed by atoms with Crippen molar-refractivity contribution in [3.05, 3.63) is 23.4 Å². The second-order valence-electron chi connectivity index (χ2n) is 7.50. The Kier molecular flexibility index (Phi) is 4.92. The van der Waals surface area contributed by atoms with Crippen molar-refractivity contribution in [1.82, 2.24) is 10.3 Å². The van der Waals surface area contributed by atoms with Gasteiger partial charge in [0.1, 0.15) is 5.82 Å². The fraction of sp³-hybridized carbons (Fsp3) is 0.722. The van der Waals surface area contributed by atoms with E-state index in [9.17, 15) is 0 Å². The second-order valence-corrected chi connectivity index (χ2v) is 7.50. The molecule has 0 radical (unpaired) electrons. The normalized spacial score (nSPS) is 15.6. The van der Waals surface area contributed by atoms with Crippen LogP contribution >= 0.6 is 0 Å². The highest BCUT2D eigenvalue weighted by molar-refractivity contribution is 5.44. The first-order valence-electron chi connectivity index (χ1n) is 8.32. The molecule has 3 nitrogen and oxygen atoms in total. The van der Waals surface area contributed by atoms with Crippen LogP contribution in [0.5, 0.6) is 0 Å². The number of rotatable bonds is 6. The van der Waals surface area contributed by atoms with Gasteiger partial charge in [-0.3, -0.25) is 0 Å². The van der Waals surface area contributed by atoms with E-state index < -0.39 is 0 Å². The van der Waals surface area contributed by atoms with Gasteiger partial charge in [-0.25, -0.2) is 4.98 Å². The summed E-state index contributed by atoms with van der Waals surface area (Å²) in [6.07, 6.45) is 2.66. The average Bonchev–Trinajstić information content (AvgIpc) is 3.19. The van der Waals surface area contributed by atoms with Crippen molar-refractivity contribution in [3.8, 4) is 0 Å². The summed E-state index contributed by atoms with van der Waals surface area (Å²) in [5, 5.41) is 3.62. The summed E-state index contributed by atoms with van der Waals surface area (Å²) >= 11 is 0. The lowest BCUT2D eigenvalue weighted by Crippen LogP contribution is -2.32. The lowest BCUT2D eigenvalue weighted by Gasteiger charge is -2.29. The van der Waals surface area contributed by atoms with E-state index in [-0.39, 0.29) is 5.41 Å². The Morgan fingerprint density at radius 2 is 1.95 bits per heavy atom. The molecule has 1 aromatic rings. The van der Waals surface area contributed by atoms with Crippen LogP contribution in [0, 0.1) is 0 Å². The molecule has 1 N–H and O–H groups in total. The fourth-order valence-corrected chi connectivity index (χ4v) is 2.55. The van der Waals surface area contributed by atoms with E-state index in [1.165, 1.54) is 24.1 Å². The number of hydrogen-bond acceptors (Lipinski definition) is 3. The molecule has 118 valence electrons. The highest BCUT2D eigenvalue weighted by Crippen LogP contribution is 2.26. The van der Waals surface area contributed by atoms with Gasteiger partial charge < -0.3 is 10.2 Å². The van der Waals surface area contributed by atoms with Crippen LogP contribution in [0.2, 0.25) is 0 Å². The standard InChI is InChI=1S/C18H31N3/c1-7-21(13(2)3)17-11-14(12-19-15-8-9-15)10-16(20-17)18(4,5)6/h10-11,13,15,19H,7-9,12H2,1-6H3. The molecule has 0 saturated heterocycles. The summed E-state index contributed by atoms with van der Waals surface area (Å²) in [7, 11) is 0. The first-order valence-corrected chi connectivity index (χ1v) is 8.32. The van der Waals surface area contributed by atoms with E-state index >= 15 is 0 Å². The van der Waals surface area contributed by atoms with Gasteiger partial charge in [0.2, 0.25) is 0 Å². The minimum absolute atomic E-state index is 0.0841. The summed E-state index contributed by atoms with van der Waals surface area (Å²) in [6.45, 7) is 15.3. The summed E-state index contributed by atoms with van der Waals surface area (Å²) < 4.78 is 0. The molecule has 2 rings (SSSR count). The van der Waals surface area contributed by atoms with Crippen molar-refractivity contribution in [2.45, 2.75) is 78.4 Å². The molecule has 0 aliphatic heterocycles. The number of nitrogens with zero attached hydrogens (tertiary/aromatic N) is 2. The van der Waals surface area contributed by atoms with E-state index in [1.807, 2.05) is 0 Å². The fourth-order valence-electron chi connectivity index (χ4n) is 2.55. The maximum atomic E-state index is 4.94. The zero-order valence-corrected chi connectivity index (χ0v) is 14.5. The van der Waals surface area contributed by atoms with Crippen molar-refractivity contribution < 1.29 is 0 Å². The second kappa shape index (κ2) is 6.35. The number of hydrogen-bond donors (Lipinski definition) is 1. The van der Waals surface area contributed by atoms with Gasteiger partial charge in [0.15, 0.2) is 0 Å². The van der Waals surface area contributed by atoms with Gasteiger partial charge in [0, 0.05) is 36.3 Å². The van der Waals surface area contributed by atoms with E-state index in [0.29, 0.717) is 6.04 Å². The minimum atomic E-state index is 0.0841. The Labute approximate surface area is 130 Å². The third kappa shape index (κ3) is 4.44. The summed E-state index contributed by atoms with van der Waals surface area (Å²) in [5.74, 6) is 1.12. The predicted molar refractivity (Wildman–Crippen MR) is 91.0 cm³/mol. The molecule has 1 aromatic heterocycles. The number of nitrogens with one attached hydrogen (secondary N) is 1. The minimum Gasteiger partial charge on any atom is -0.354 e. The van der Waals surface area contributed by atoms with Gasteiger partial charge >= 0.3 is 0 Å². The maximum Gasteiger partial charge on any atom is 0.129 e. The molecule has 3 heteroatoms. The van der Waals surface area contributed by atoms with Crippen LogP contribution in [0.15, 0.2) is 12.1 Å². The molecule has 0 amide bonds. The van der Waals surface area contributed by atoms with Crippen molar-refractivity contribution in [1.29, 1.82) is 0 Å². The zero-order chi connectivity index (χ0) is 15.6. The topological polar surface area (TPSA) is 28.2 Å². The van der Waals surface area contributed by atoms with Gasteiger partial charge in [0.25, 0.3) is 0 Å². The van der Waals surface area contributed by atoms with E-state index in [4.69, 9.17) is 4.98 Å². The lowest BCUT2D eigenvalue weighted by atomic mass is 9.90. The molecule has 0 bridgehead atoms. The van der Waals surface area contributed by atoms with Crippen LogP contribution in [-0.2, 0) is 12.0 Å². The van der Waals surface area contributed by atoms with Crippen LogP contribution in [0.4, 0.5) is 5.82 Å². The SMILES string of the molecule is CCN(c1cc(CNC2CC2)cc(C(C)(C)C)n1)C(C)C. The summed E-state index contributed by atoms with van der Waals surface area (Å²) in [5.41, 5.74) is 2.63. The third-order valence-electron chi connectivity index (χ3n) is 4.07. The Bertz CT molecular complexity index is 470. The number of anilines is 1. The molecule has 0 spiro atoms. The lowest BCUT2D eigenvalue weighted by molar-refractivity contribution is 0.562. The van der Waals surface area contributed by atoms with Crippen LogP contribution in [-0.4, -0.2) is 23.6 Å². The van der Waals surface area contributed by atoms with Crippen LogP contribution in [0.3, 0.4) is 0 Å². The molecular weight excluding hydrogens is 258 g/mol. The smallest absolute Gasteiger partial charge is 0.129 e. The van der Waals surface area contributed by atoms with E-state index in [1.54, 1.807) is 0 Å². The molecular formula is C18H31N3. The van der Waals surface area contributed by atoms with Crippen molar-refractivity contribution >= 4 is 5.82 Å². The Hall–Kier alpha value is -1.09. The predicted octanol–water partition coefficient (Wildman–Crippen LogP) is 3.87. The Morgan fingerprint density at radius 1 is 1.29 bits per heavy atom. The van der Waals surface area contributed by atoms with E-state index in [0.717, 1.165) is 24.9 Å². The van der Waals surface area contributed by atoms with Crippen molar-refractivity contribution in [2.24, 2.45) is 0 Å². The molecule has 1 saturated carbocycles. The first kappa shape index (κ1) is 16.3. The summed E-state index contributed by atoms with van der Waals surface area (Å²) in [6, 6.07) is 5.75. The Morgan fingerprint density at radius 3 is 2.43 bits per heavy atom. The van der Waals surface area contributed by atoms with Gasteiger partial charge in [-0.2, -0.15) is 0 Å². The summed E-state index contributed by atoms with van der Waals surface area (Å²) in [4.78, 5) is 7.31. The van der Waals surface area contributed by atoms with Crippen LogP contribution in [0.1, 0.15) is 65.6 Å². The monoisotopic (exact) mass is 289 g/mol. The van der Waals surface area contributed by atoms with Gasteiger partial charge in [0.05, 0.1) is 0 Å². The zero-order valence-electron chi connectivity index (χ0n) is 14.5. The molecule has 21 heavy (non-hydrogen) atoms. The maximum absolute atomic E-state index is 4.94. The molecule has 1 heterocycles. The molecule has 0 atom stereocenters. The van der Waals surface area contributed by atoms with Gasteiger partial charge in [-0.15, -0.1) is 0 Å². The average molecular weight is 289 g/mol. The molecule has 0 aromatic carbocycles. The highest BCUT2D eigenvalue weighted by Gasteiger charge is 2.22. The van der Waals surface area contributed by atoms with Crippen LogP contribution < -0.4 is 10.2 Å². The Balaban J connectivity index is 2.30. The number of pyridine rings is 1. The quantitative estimate of drug-likeness (QED) is 0.862. The van der Waals surface area contributed by atoms with Gasteiger partial charge in [-0.1, -0.05) is 20.8 Å². The molecule has 1 fully saturated rings. The van der Waals surface area contributed by atoms with Gasteiger partial charge in [-0.05, 0) is 51.3 Å². The van der Waals surface area contributed by atoms with Crippen molar-refractivity contribution in [2.75, 3.05) is 11.4 Å². The van der Waals surface area contributed by atoms with Crippen molar-refractivity contribution in [3.63, 3.8) is 0 Å². The largest absolute Gasteiger partial charge is 0.354 e. The molecule has 1 aliphatic rings. The highest BCUT2D eigenvalue weighted by atomic mass is 15.2. The molecule has 0 unspecified atom stereocenters. The number of aromatic nitrogens is 1. The third-order valence-corrected chi connectivity index (χ3v) is 4.07.